The van der Waals surface area contributed by atoms with Crippen molar-refractivity contribution in [1.29, 1.82) is 0 Å². The van der Waals surface area contributed by atoms with Gasteiger partial charge in [0.05, 0.1) is 4.90 Å². The Morgan fingerprint density at radius 2 is 1.47 bits per heavy atom. The van der Waals surface area contributed by atoms with E-state index >= 15 is 0 Å². The SMILES string of the molecule is O=S(=O)(Cl)c1ccc(F)c(-c2cc(F)cc(F)c2)c1. The summed E-state index contributed by atoms with van der Waals surface area (Å²) in [7, 11) is 1.08. The minimum absolute atomic E-state index is 0.114. The molecule has 0 unspecified atom stereocenters. The van der Waals surface area contributed by atoms with Crippen LogP contribution in [0.2, 0.25) is 0 Å². The first kappa shape index (κ1) is 13.9. The Morgan fingerprint density at radius 3 is 2.00 bits per heavy atom. The van der Waals surface area contributed by atoms with Crippen LogP contribution in [0.1, 0.15) is 0 Å². The molecule has 0 saturated carbocycles. The van der Waals surface area contributed by atoms with E-state index in [-0.39, 0.29) is 16.0 Å². The molecule has 2 rings (SSSR count). The molecule has 2 aromatic rings. The van der Waals surface area contributed by atoms with Crippen molar-refractivity contribution in [2.45, 2.75) is 4.90 Å². The lowest BCUT2D eigenvalue weighted by atomic mass is 10.0. The van der Waals surface area contributed by atoms with Crippen LogP contribution in [0.3, 0.4) is 0 Å². The van der Waals surface area contributed by atoms with Gasteiger partial charge in [0.1, 0.15) is 17.5 Å². The van der Waals surface area contributed by atoms with Gasteiger partial charge < -0.3 is 0 Å². The first-order valence-electron chi connectivity index (χ1n) is 4.98. The van der Waals surface area contributed by atoms with Crippen molar-refractivity contribution >= 4 is 19.7 Å². The van der Waals surface area contributed by atoms with E-state index < -0.39 is 26.5 Å². The smallest absolute Gasteiger partial charge is 0.207 e. The maximum absolute atomic E-state index is 13.6. The van der Waals surface area contributed by atoms with Crippen LogP contribution in [0.15, 0.2) is 41.3 Å². The molecule has 0 saturated heterocycles. The van der Waals surface area contributed by atoms with Gasteiger partial charge in [0.15, 0.2) is 0 Å². The topological polar surface area (TPSA) is 34.1 Å². The quantitative estimate of drug-likeness (QED) is 0.793. The highest BCUT2D eigenvalue weighted by molar-refractivity contribution is 8.13. The molecule has 0 spiro atoms. The van der Waals surface area contributed by atoms with Gasteiger partial charge in [-0.2, -0.15) is 0 Å². The second-order valence-corrected chi connectivity index (χ2v) is 6.30. The van der Waals surface area contributed by atoms with Crippen molar-refractivity contribution in [3.63, 3.8) is 0 Å². The molecule has 0 aromatic heterocycles. The summed E-state index contributed by atoms with van der Waals surface area (Å²) in [4.78, 5) is -0.352. The molecular formula is C12H6ClF3O2S. The molecule has 0 bridgehead atoms. The van der Waals surface area contributed by atoms with Crippen molar-refractivity contribution in [3.05, 3.63) is 53.8 Å². The second kappa shape index (κ2) is 4.86. The molecule has 0 aliphatic heterocycles. The number of hydrogen-bond donors (Lipinski definition) is 0. The summed E-state index contributed by atoms with van der Waals surface area (Å²) < 4.78 is 62.1. The monoisotopic (exact) mass is 306 g/mol. The molecule has 0 aliphatic carbocycles. The standard InChI is InChI=1S/C12H6ClF3O2S/c13-19(17,18)10-1-2-12(16)11(6-10)7-3-8(14)5-9(15)4-7/h1-6H. The van der Waals surface area contributed by atoms with Crippen LogP contribution in [-0.4, -0.2) is 8.42 Å². The fraction of sp³-hybridized carbons (Fsp3) is 0. The zero-order chi connectivity index (χ0) is 14.2. The maximum atomic E-state index is 13.6. The number of hydrogen-bond acceptors (Lipinski definition) is 2. The van der Waals surface area contributed by atoms with Gasteiger partial charge in [-0.05, 0) is 35.9 Å². The van der Waals surface area contributed by atoms with Gasteiger partial charge >= 0.3 is 0 Å². The molecule has 0 amide bonds. The second-order valence-electron chi connectivity index (χ2n) is 3.74. The van der Waals surface area contributed by atoms with Gasteiger partial charge in [0.25, 0.3) is 9.05 Å². The highest BCUT2D eigenvalue weighted by atomic mass is 35.7. The normalized spacial score (nSPS) is 11.6. The van der Waals surface area contributed by atoms with Crippen LogP contribution in [-0.2, 0) is 9.05 Å². The van der Waals surface area contributed by atoms with Crippen LogP contribution in [0.4, 0.5) is 13.2 Å². The Balaban J connectivity index is 2.68. The van der Waals surface area contributed by atoms with E-state index in [0.717, 1.165) is 30.3 Å². The van der Waals surface area contributed by atoms with Gasteiger partial charge in [0.2, 0.25) is 0 Å². The summed E-state index contributed by atoms with van der Waals surface area (Å²) in [6.45, 7) is 0. The average molecular weight is 307 g/mol. The zero-order valence-corrected chi connectivity index (χ0v) is 10.8. The first-order chi connectivity index (χ1) is 8.77. The van der Waals surface area contributed by atoms with Crippen LogP contribution in [0, 0.1) is 17.5 Å². The molecule has 0 heterocycles. The molecule has 7 heteroatoms. The first-order valence-corrected chi connectivity index (χ1v) is 7.29. The summed E-state index contributed by atoms with van der Waals surface area (Å²) in [6.07, 6.45) is 0. The molecule has 0 fully saturated rings. The van der Waals surface area contributed by atoms with E-state index in [2.05, 4.69) is 0 Å². The van der Waals surface area contributed by atoms with Crippen LogP contribution < -0.4 is 0 Å². The van der Waals surface area contributed by atoms with E-state index in [1.807, 2.05) is 0 Å². The summed E-state index contributed by atoms with van der Waals surface area (Å²) in [6, 6.07) is 5.18. The Morgan fingerprint density at radius 1 is 0.895 bits per heavy atom. The van der Waals surface area contributed by atoms with Crippen molar-refractivity contribution in [1.82, 2.24) is 0 Å². The highest BCUT2D eigenvalue weighted by Gasteiger charge is 2.15. The molecule has 100 valence electrons. The van der Waals surface area contributed by atoms with Crippen molar-refractivity contribution in [3.8, 4) is 11.1 Å². The molecule has 0 N–H and O–H groups in total. The van der Waals surface area contributed by atoms with E-state index in [1.54, 1.807) is 0 Å². The number of benzene rings is 2. The van der Waals surface area contributed by atoms with Crippen LogP contribution in [0.5, 0.6) is 0 Å². The number of rotatable bonds is 2. The predicted octanol–water partition coefficient (Wildman–Crippen LogP) is 3.70. The third kappa shape index (κ3) is 3.08. The largest absolute Gasteiger partial charge is 0.261 e. The maximum Gasteiger partial charge on any atom is 0.261 e. The molecule has 2 aromatic carbocycles. The summed E-state index contributed by atoms with van der Waals surface area (Å²) in [5.74, 6) is -2.60. The van der Waals surface area contributed by atoms with E-state index in [4.69, 9.17) is 10.7 Å². The van der Waals surface area contributed by atoms with E-state index in [9.17, 15) is 21.6 Å². The minimum Gasteiger partial charge on any atom is -0.207 e. The lowest BCUT2D eigenvalue weighted by molar-refractivity contribution is 0.583. The van der Waals surface area contributed by atoms with Gasteiger partial charge in [-0.3, -0.25) is 0 Å². The predicted molar refractivity (Wildman–Crippen MR) is 64.8 cm³/mol. The van der Waals surface area contributed by atoms with Gasteiger partial charge in [-0.15, -0.1) is 0 Å². The Hall–Kier alpha value is -1.53. The highest BCUT2D eigenvalue weighted by Crippen LogP contribution is 2.28. The van der Waals surface area contributed by atoms with Gasteiger partial charge in [-0.1, -0.05) is 0 Å². The van der Waals surface area contributed by atoms with Crippen molar-refractivity contribution < 1.29 is 21.6 Å². The molecule has 0 aliphatic rings. The fourth-order valence-corrected chi connectivity index (χ4v) is 2.36. The van der Waals surface area contributed by atoms with Gasteiger partial charge in [0, 0.05) is 22.3 Å². The van der Waals surface area contributed by atoms with Gasteiger partial charge in [-0.25, -0.2) is 21.6 Å². The Bertz CT molecular complexity index is 724. The zero-order valence-electron chi connectivity index (χ0n) is 9.20. The fourth-order valence-electron chi connectivity index (χ4n) is 1.59. The molecular weight excluding hydrogens is 301 g/mol. The van der Waals surface area contributed by atoms with Crippen LogP contribution >= 0.6 is 10.7 Å². The minimum atomic E-state index is -4.05. The lowest BCUT2D eigenvalue weighted by Crippen LogP contribution is -1.94. The lowest BCUT2D eigenvalue weighted by Gasteiger charge is -2.06. The molecule has 19 heavy (non-hydrogen) atoms. The van der Waals surface area contributed by atoms with Crippen molar-refractivity contribution in [2.75, 3.05) is 0 Å². The van der Waals surface area contributed by atoms with Crippen molar-refractivity contribution in [2.24, 2.45) is 0 Å². The van der Waals surface area contributed by atoms with E-state index in [1.165, 1.54) is 0 Å². The summed E-state index contributed by atoms with van der Waals surface area (Å²) >= 11 is 0. The molecule has 2 nitrogen and oxygen atoms in total. The molecule has 0 radical (unpaired) electrons. The summed E-state index contributed by atoms with van der Waals surface area (Å²) in [5.41, 5.74) is -0.364. The summed E-state index contributed by atoms with van der Waals surface area (Å²) in [5, 5.41) is 0. The van der Waals surface area contributed by atoms with E-state index in [0.29, 0.717) is 6.07 Å². The Kier molecular flexibility index (Phi) is 3.56. The average Bonchev–Trinajstić information content (AvgIpc) is 2.26. The molecule has 0 atom stereocenters. The Labute approximate surface area is 111 Å². The number of halogens is 4. The van der Waals surface area contributed by atoms with Crippen LogP contribution in [0.25, 0.3) is 11.1 Å². The third-order valence-electron chi connectivity index (χ3n) is 2.39. The third-order valence-corrected chi connectivity index (χ3v) is 3.74.